The third kappa shape index (κ3) is 4.34. The average Bonchev–Trinajstić information content (AvgIpc) is 3.22. The molecule has 0 radical (unpaired) electrons. The van der Waals surface area contributed by atoms with E-state index in [0.717, 1.165) is 30.0 Å². The van der Waals surface area contributed by atoms with Crippen molar-refractivity contribution >= 4 is 5.91 Å². The molecule has 2 aliphatic heterocycles. The maximum Gasteiger partial charge on any atom is 0.257 e. The summed E-state index contributed by atoms with van der Waals surface area (Å²) in [5, 5.41) is 0. The minimum atomic E-state index is -0.921. The number of rotatable bonds is 6. The first-order valence-corrected chi connectivity index (χ1v) is 11.3. The molecule has 2 atom stereocenters. The molecule has 7 nitrogen and oxygen atoms in total. The molecule has 0 aliphatic carbocycles. The summed E-state index contributed by atoms with van der Waals surface area (Å²) in [7, 11) is 1.67. The summed E-state index contributed by atoms with van der Waals surface area (Å²) in [6, 6.07) is 16.0. The van der Waals surface area contributed by atoms with E-state index in [0.29, 0.717) is 26.2 Å². The molecule has 2 fully saturated rings. The zero-order valence-electron chi connectivity index (χ0n) is 18.8. The molecular weight excluding hydrogens is 416 g/mol. The summed E-state index contributed by atoms with van der Waals surface area (Å²) >= 11 is 0. The number of methoxy groups -OCH3 is 1. The zero-order valence-corrected chi connectivity index (χ0v) is 18.8. The van der Waals surface area contributed by atoms with Crippen LogP contribution in [0, 0.1) is 0 Å². The Morgan fingerprint density at radius 2 is 1.82 bits per heavy atom. The minimum absolute atomic E-state index is 0.0451. The van der Waals surface area contributed by atoms with Crippen molar-refractivity contribution in [2.24, 2.45) is 0 Å². The molecule has 5 rings (SSSR count). The van der Waals surface area contributed by atoms with Crippen LogP contribution < -0.4 is 4.74 Å². The first kappa shape index (κ1) is 21.6. The van der Waals surface area contributed by atoms with Crippen LogP contribution in [0.15, 0.2) is 73.3 Å². The Labute approximate surface area is 194 Å². The fraction of sp³-hybridized carbons (Fsp3) is 0.346. The highest BCUT2D eigenvalue weighted by Crippen LogP contribution is 2.42. The van der Waals surface area contributed by atoms with Gasteiger partial charge in [-0.15, -0.1) is 0 Å². The lowest BCUT2D eigenvalue weighted by Gasteiger charge is -2.42. The average molecular weight is 445 g/mol. The number of aromatic nitrogens is 2. The van der Waals surface area contributed by atoms with E-state index in [4.69, 9.17) is 9.47 Å². The van der Waals surface area contributed by atoms with Gasteiger partial charge in [-0.3, -0.25) is 19.7 Å². The largest absolute Gasteiger partial charge is 0.497 e. The van der Waals surface area contributed by atoms with E-state index in [2.05, 4.69) is 27.0 Å². The van der Waals surface area contributed by atoms with Gasteiger partial charge in [0.25, 0.3) is 5.91 Å². The number of carbonyl (C=O) groups is 1. The van der Waals surface area contributed by atoms with Crippen LogP contribution in [0.4, 0.5) is 0 Å². The van der Waals surface area contributed by atoms with Gasteiger partial charge in [-0.1, -0.05) is 24.3 Å². The van der Waals surface area contributed by atoms with Crippen molar-refractivity contribution in [2.45, 2.75) is 24.6 Å². The quantitative estimate of drug-likeness (QED) is 0.583. The fourth-order valence-corrected chi connectivity index (χ4v) is 4.97. The fourth-order valence-electron chi connectivity index (χ4n) is 4.97. The minimum Gasteiger partial charge on any atom is -0.497 e. The predicted molar refractivity (Wildman–Crippen MR) is 124 cm³/mol. The van der Waals surface area contributed by atoms with Gasteiger partial charge >= 0.3 is 0 Å². The second-order valence-corrected chi connectivity index (χ2v) is 8.68. The molecule has 1 aromatic carbocycles. The van der Waals surface area contributed by atoms with Gasteiger partial charge in [-0.25, -0.2) is 0 Å². The van der Waals surface area contributed by atoms with Gasteiger partial charge in [0.05, 0.1) is 13.7 Å². The number of benzene rings is 1. The van der Waals surface area contributed by atoms with Gasteiger partial charge in [-0.05, 0) is 41.0 Å². The van der Waals surface area contributed by atoms with Crippen LogP contribution in [0.3, 0.4) is 0 Å². The SMILES string of the molecule is COc1ccc(CN2CC(c3cccnc3)C3(C2)OCCN(Cc2cccnc2)C3=O)cc1. The maximum atomic E-state index is 13.9. The molecule has 2 unspecified atom stereocenters. The van der Waals surface area contributed by atoms with Crippen LogP contribution in [-0.2, 0) is 22.6 Å². The molecule has 33 heavy (non-hydrogen) atoms. The molecule has 2 saturated heterocycles. The Morgan fingerprint density at radius 1 is 1.03 bits per heavy atom. The first-order valence-electron chi connectivity index (χ1n) is 11.3. The van der Waals surface area contributed by atoms with Gasteiger partial charge in [0.1, 0.15) is 5.75 Å². The zero-order chi connectivity index (χ0) is 22.7. The Bertz CT molecular complexity index is 1080. The third-order valence-corrected chi connectivity index (χ3v) is 6.58. The topological polar surface area (TPSA) is 67.8 Å². The molecule has 170 valence electrons. The van der Waals surface area contributed by atoms with Crippen LogP contribution in [0.5, 0.6) is 5.75 Å². The van der Waals surface area contributed by atoms with E-state index in [9.17, 15) is 4.79 Å². The molecule has 1 amide bonds. The van der Waals surface area contributed by atoms with Crippen molar-refractivity contribution in [2.75, 3.05) is 33.4 Å². The standard InChI is InChI=1S/C26H28N4O3/c1-32-23-8-6-20(7-9-23)16-29-18-24(22-5-3-11-28-15-22)26(19-29)25(31)30(12-13-33-26)17-21-4-2-10-27-14-21/h2-11,14-15,24H,12-13,16-19H2,1H3. The number of ether oxygens (including phenoxy) is 2. The smallest absolute Gasteiger partial charge is 0.257 e. The molecule has 0 bridgehead atoms. The van der Waals surface area contributed by atoms with Crippen LogP contribution in [0.1, 0.15) is 22.6 Å². The predicted octanol–water partition coefficient (Wildman–Crippen LogP) is 2.88. The maximum absolute atomic E-state index is 13.9. The molecule has 2 aromatic heterocycles. The Balaban J connectivity index is 1.42. The van der Waals surface area contributed by atoms with Gasteiger partial charge < -0.3 is 14.4 Å². The highest BCUT2D eigenvalue weighted by Gasteiger charge is 2.56. The van der Waals surface area contributed by atoms with Gasteiger partial charge in [0.15, 0.2) is 5.60 Å². The van der Waals surface area contributed by atoms with Crippen molar-refractivity contribution < 1.29 is 14.3 Å². The molecule has 0 saturated carbocycles. The summed E-state index contributed by atoms with van der Waals surface area (Å²) in [6.07, 6.45) is 7.19. The van der Waals surface area contributed by atoms with Gasteiger partial charge in [0.2, 0.25) is 0 Å². The summed E-state index contributed by atoms with van der Waals surface area (Å²) in [6.45, 7) is 3.63. The second-order valence-electron chi connectivity index (χ2n) is 8.68. The van der Waals surface area contributed by atoms with Crippen molar-refractivity contribution in [3.8, 4) is 5.75 Å². The molecule has 0 N–H and O–H groups in total. The summed E-state index contributed by atoms with van der Waals surface area (Å²) in [4.78, 5) is 26.7. The summed E-state index contributed by atoms with van der Waals surface area (Å²) < 4.78 is 11.7. The molecular formula is C26H28N4O3. The van der Waals surface area contributed by atoms with Crippen molar-refractivity contribution in [1.29, 1.82) is 0 Å². The summed E-state index contributed by atoms with van der Waals surface area (Å²) in [5.41, 5.74) is 2.31. The highest BCUT2D eigenvalue weighted by molar-refractivity contribution is 5.88. The Hall–Kier alpha value is -3.29. The number of hydrogen-bond acceptors (Lipinski definition) is 6. The van der Waals surface area contributed by atoms with E-state index >= 15 is 0 Å². The Kier molecular flexibility index (Phi) is 6.07. The number of likely N-dealkylation sites (tertiary alicyclic amines) is 1. The molecule has 7 heteroatoms. The van der Waals surface area contributed by atoms with E-state index in [1.54, 1.807) is 19.5 Å². The molecule has 1 spiro atoms. The van der Waals surface area contributed by atoms with Crippen molar-refractivity contribution in [1.82, 2.24) is 19.8 Å². The van der Waals surface area contributed by atoms with E-state index in [1.807, 2.05) is 53.7 Å². The highest BCUT2D eigenvalue weighted by atomic mass is 16.5. The number of nitrogens with zero attached hydrogens (tertiary/aromatic N) is 4. The van der Waals surface area contributed by atoms with Crippen molar-refractivity contribution in [3.05, 3.63) is 90.0 Å². The Morgan fingerprint density at radius 3 is 2.52 bits per heavy atom. The molecule has 3 aromatic rings. The van der Waals surface area contributed by atoms with Crippen LogP contribution in [0.25, 0.3) is 0 Å². The van der Waals surface area contributed by atoms with Crippen molar-refractivity contribution in [3.63, 3.8) is 0 Å². The second kappa shape index (κ2) is 9.29. The van der Waals surface area contributed by atoms with Crippen LogP contribution >= 0.6 is 0 Å². The van der Waals surface area contributed by atoms with E-state index in [-0.39, 0.29) is 11.8 Å². The van der Waals surface area contributed by atoms with Crippen LogP contribution in [0.2, 0.25) is 0 Å². The summed E-state index contributed by atoms with van der Waals surface area (Å²) in [5.74, 6) is 0.791. The molecule has 2 aliphatic rings. The first-order chi connectivity index (χ1) is 16.2. The monoisotopic (exact) mass is 444 g/mol. The normalized spacial score (nSPS) is 23.2. The lowest BCUT2D eigenvalue weighted by Crippen LogP contribution is -2.59. The number of hydrogen-bond donors (Lipinski definition) is 0. The van der Waals surface area contributed by atoms with E-state index in [1.165, 1.54) is 5.56 Å². The molecule has 4 heterocycles. The van der Waals surface area contributed by atoms with Crippen LogP contribution in [-0.4, -0.2) is 64.6 Å². The number of pyridine rings is 2. The van der Waals surface area contributed by atoms with E-state index < -0.39 is 5.60 Å². The lowest BCUT2D eigenvalue weighted by atomic mass is 9.83. The third-order valence-electron chi connectivity index (χ3n) is 6.58. The van der Waals surface area contributed by atoms with Gasteiger partial charge in [0, 0.05) is 63.4 Å². The van der Waals surface area contributed by atoms with Gasteiger partial charge in [-0.2, -0.15) is 0 Å². The lowest BCUT2D eigenvalue weighted by molar-refractivity contribution is -0.173. The number of morpholine rings is 1. The number of amides is 1. The number of carbonyl (C=O) groups excluding carboxylic acids is 1.